The summed E-state index contributed by atoms with van der Waals surface area (Å²) in [4.78, 5) is 0. The van der Waals surface area contributed by atoms with Crippen LogP contribution in [0.1, 0.15) is 26.3 Å². The third-order valence-electron chi connectivity index (χ3n) is 3.55. The van der Waals surface area contributed by atoms with Crippen molar-refractivity contribution in [3.8, 4) is 0 Å². The van der Waals surface area contributed by atoms with Crippen LogP contribution in [0.15, 0.2) is 24.3 Å². The molecule has 0 N–H and O–H groups in total. The molecule has 0 aromatic heterocycles. The number of rotatable bonds is 1. The van der Waals surface area contributed by atoms with Crippen molar-refractivity contribution in [2.75, 3.05) is 0 Å². The lowest BCUT2D eigenvalue weighted by Gasteiger charge is -2.37. The highest BCUT2D eigenvalue weighted by Gasteiger charge is 2.36. The Bertz CT molecular complexity index is 301. The van der Waals surface area contributed by atoms with Gasteiger partial charge >= 0.3 is 0 Å². The van der Waals surface area contributed by atoms with Crippen molar-refractivity contribution < 1.29 is 0 Å². The summed E-state index contributed by atoms with van der Waals surface area (Å²) in [5.41, 5.74) is 1.10. The number of hydrogen-bond donors (Lipinski definition) is 0. The molecule has 0 aliphatic rings. The van der Waals surface area contributed by atoms with Gasteiger partial charge in [-0.2, -0.15) is 0 Å². The van der Waals surface area contributed by atoms with Gasteiger partial charge in [0.05, 0.1) is 8.07 Å². The molecule has 0 bridgehead atoms. The van der Waals surface area contributed by atoms with Crippen molar-refractivity contribution in [1.82, 2.24) is 0 Å². The van der Waals surface area contributed by atoms with Crippen molar-refractivity contribution in [3.63, 3.8) is 0 Å². The monoisotopic (exact) mass is 205 g/mol. The van der Waals surface area contributed by atoms with Gasteiger partial charge in [0.2, 0.25) is 0 Å². The van der Waals surface area contributed by atoms with E-state index in [1.807, 2.05) is 0 Å². The van der Waals surface area contributed by atoms with Gasteiger partial charge in [-0.25, -0.2) is 0 Å². The van der Waals surface area contributed by atoms with Crippen LogP contribution in [0.3, 0.4) is 0 Å². The molecule has 0 amide bonds. The van der Waals surface area contributed by atoms with Crippen LogP contribution in [-0.2, 0) is 0 Å². The predicted octanol–water partition coefficient (Wildman–Crippen LogP) is 3.58. The lowest BCUT2D eigenvalue weighted by atomic mass is 10.2. The third kappa shape index (κ3) is 2.09. The molecular formula is C13H21Si. The number of benzene rings is 1. The van der Waals surface area contributed by atoms with Gasteiger partial charge in [-0.15, -0.1) is 0 Å². The van der Waals surface area contributed by atoms with Crippen molar-refractivity contribution in [2.24, 2.45) is 0 Å². The molecule has 0 heterocycles. The maximum atomic E-state index is 3.92. The first kappa shape index (κ1) is 11.5. The summed E-state index contributed by atoms with van der Waals surface area (Å²) in [6, 6.07) is 8.74. The maximum Gasteiger partial charge on any atom is 0.0859 e. The Kier molecular flexibility index (Phi) is 2.91. The zero-order valence-electron chi connectivity index (χ0n) is 10.0. The molecular weight excluding hydrogens is 184 g/mol. The fraction of sp³-hybridized carbons (Fsp3) is 0.462. The molecule has 0 saturated heterocycles. The SMILES string of the molecule is [CH2]c1ccc([Si](C)(C)C(C)(C)C)cc1. The van der Waals surface area contributed by atoms with Crippen molar-refractivity contribution in [1.29, 1.82) is 0 Å². The molecule has 0 fully saturated rings. The Morgan fingerprint density at radius 2 is 1.43 bits per heavy atom. The molecule has 0 atom stereocenters. The second-order valence-corrected chi connectivity index (χ2v) is 10.9. The van der Waals surface area contributed by atoms with Gasteiger partial charge in [-0.3, -0.25) is 0 Å². The van der Waals surface area contributed by atoms with E-state index in [0.29, 0.717) is 5.04 Å². The smallest absolute Gasteiger partial charge is 0.0651 e. The van der Waals surface area contributed by atoms with E-state index in [1.54, 1.807) is 0 Å². The lowest BCUT2D eigenvalue weighted by Crippen LogP contribution is -2.49. The van der Waals surface area contributed by atoms with Gasteiger partial charge in [-0.1, -0.05) is 63.3 Å². The Morgan fingerprint density at radius 1 is 1.00 bits per heavy atom. The summed E-state index contributed by atoms with van der Waals surface area (Å²) in [5.74, 6) is 0. The van der Waals surface area contributed by atoms with E-state index in [-0.39, 0.29) is 0 Å². The highest BCUT2D eigenvalue weighted by atomic mass is 28.3. The lowest BCUT2D eigenvalue weighted by molar-refractivity contribution is 0.729. The summed E-state index contributed by atoms with van der Waals surface area (Å²) < 4.78 is 0. The zero-order chi connectivity index (χ0) is 11.0. The molecule has 0 nitrogen and oxygen atoms in total. The van der Waals surface area contributed by atoms with Crippen LogP contribution in [0.5, 0.6) is 0 Å². The van der Waals surface area contributed by atoms with Crippen molar-refractivity contribution >= 4 is 13.3 Å². The molecule has 0 spiro atoms. The Balaban J connectivity index is 3.10. The van der Waals surface area contributed by atoms with Crippen LogP contribution in [0.4, 0.5) is 0 Å². The van der Waals surface area contributed by atoms with Gasteiger partial charge in [-0.05, 0) is 17.5 Å². The fourth-order valence-corrected chi connectivity index (χ4v) is 3.22. The van der Waals surface area contributed by atoms with Crippen LogP contribution in [-0.4, -0.2) is 8.07 Å². The third-order valence-corrected chi connectivity index (χ3v) is 9.08. The fourth-order valence-electron chi connectivity index (χ4n) is 1.35. The van der Waals surface area contributed by atoms with E-state index in [2.05, 4.69) is 65.1 Å². The van der Waals surface area contributed by atoms with E-state index >= 15 is 0 Å². The minimum atomic E-state index is -1.33. The first-order chi connectivity index (χ1) is 6.25. The van der Waals surface area contributed by atoms with Crippen LogP contribution < -0.4 is 5.19 Å². The van der Waals surface area contributed by atoms with E-state index in [9.17, 15) is 0 Å². The molecule has 0 unspecified atom stereocenters. The first-order valence-electron chi connectivity index (χ1n) is 5.17. The minimum absolute atomic E-state index is 0.412. The summed E-state index contributed by atoms with van der Waals surface area (Å²) >= 11 is 0. The van der Waals surface area contributed by atoms with E-state index in [1.165, 1.54) is 5.19 Å². The Hall–Kier alpha value is -0.563. The maximum absolute atomic E-state index is 3.92. The summed E-state index contributed by atoms with van der Waals surface area (Å²) in [7, 11) is -1.33. The largest absolute Gasteiger partial charge is 0.0859 e. The number of hydrogen-bond acceptors (Lipinski definition) is 0. The van der Waals surface area contributed by atoms with Crippen LogP contribution in [0.2, 0.25) is 18.1 Å². The highest BCUT2D eigenvalue weighted by Crippen LogP contribution is 2.35. The summed E-state index contributed by atoms with van der Waals surface area (Å²) in [5, 5.41) is 1.94. The minimum Gasteiger partial charge on any atom is -0.0651 e. The van der Waals surface area contributed by atoms with Crippen molar-refractivity contribution in [2.45, 2.75) is 38.9 Å². The highest BCUT2D eigenvalue weighted by molar-refractivity contribution is 6.92. The van der Waals surface area contributed by atoms with E-state index < -0.39 is 8.07 Å². The molecule has 1 radical (unpaired) electrons. The summed E-state index contributed by atoms with van der Waals surface area (Å²) in [6.07, 6.45) is 0. The van der Waals surface area contributed by atoms with Gasteiger partial charge in [0.1, 0.15) is 0 Å². The van der Waals surface area contributed by atoms with Crippen LogP contribution in [0, 0.1) is 6.92 Å². The Morgan fingerprint density at radius 3 is 1.79 bits per heavy atom. The molecule has 0 aliphatic carbocycles. The molecule has 0 aliphatic heterocycles. The van der Waals surface area contributed by atoms with Gasteiger partial charge < -0.3 is 0 Å². The second kappa shape index (κ2) is 3.54. The summed E-state index contributed by atoms with van der Waals surface area (Å²) in [6.45, 7) is 15.8. The first-order valence-corrected chi connectivity index (χ1v) is 8.17. The predicted molar refractivity (Wildman–Crippen MR) is 67.7 cm³/mol. The van der Waals surface area contributed by atoms with Gasteiger partial charge in [0, 0.05) is 0 Å². The molecule has 1 heteroatoms. The Labute approximate surface area is 89.4 Å². The standard InChI is InChI=1S/C13H21Si/c1-11-7-9-12(10-8-11)14(5,6)13(2,3)4/h7-10H,1H2,2-6H3. The second-order valence-electron chi connectivity index (χ2n) is 5.57. The molecule has 1 aromatic rings. The molecule has 0 saturated carbocycles. The average Bonchev–Trinajstić information content (AvgIpc) is 2.03. The zero-order valence-corrected chi connectivity index (χ0v) is 11.0. The van der Waals surface area contributed by atoms with Gasteiger partial charge in [0.25, 0.3) is 0 Å². The molecule has 77 valence electrons. The topological polar surface area (TPSA) is 0 Å². The van der Waals surface area contributed by atoms with Crippen molar-refractivity contribution in [3.05, 3.63) is 36.8 Å². The quantitative estimate of drug-likeness (QED) is 0.615. The molecule has 14 heavy (non-hydrogen) atoms. The van der Waals surface area contributed by atoms with E-state index in [4.69, 9.17) is 0 Å². The van der Waals surface area contributed by atoms with E-state index in [0.717, 1.165) is 5.56 Å². The van der Waals surface area contributed by atoms with Crippen LogP contribution in [0.25, 0.3) is 0 Å². The molecule has 1 aromatic carbocycles. The van der Waals surface area contributed by atoms with Crippen LogP contribution >= 0.6 is 0 Å². The average molecular weight is 205 g/mol. The normalized spacial score (nSPS) is 13.0. The van der Waals surface area contributed by atoms with Gasteiger partial charge in [0.15, 0.2) is 0 Å². The molecule has 1 rings (SSSR count).